The van der Waals surface area contributed by atoms with E-state index in [1.807, 2.05) is 0 Å². The highest BCUT2D eigenvalue weighted by Crippen LogP contribution is 2.28. The van der Waals surface area contributed by atoms with Crippen LogP contribution < -0.4 is 11.5 Å². The summed E-state index contributed by atoms with van der Waals surface area (Å²) in [6.07, 6.45) is 2.77. The lowest BCUT2D eigenvalue weighted by atomic mass is 10.2. The van der Waals surface area contributed by atoms with Gasteiger partial charge in [-0.1, -0.05) is 0 Å². The second-order valence-corrected chi connectivity index (χ2v) is 5.89. The third kappa shape index (κ3) is 7.27. The van der Waals surface area contributed by atoms with Gasteiger partial charge in [0.05, 0.1) is 0 Å². The predicted octanol–water partition coefficient (Wildman–Crippen LogP) is 0.285. The lowest BCUT2D eigenvalue weighted by Crippen LogP contribution is -2.24. The number of hydrogen-bond donors (Lipinski definition) is 2. The molecule has 0 heterocycles. The zero-order valence-corrected chi connectivity index (χ0v) is 11.0. The van der Waals surface area contributed by atoms with E-state index in [1.54, 1.807) is 23.5 Å². The van der Waals surface area contributed by atoms with E-state index < -0.39 is 0 Å². The average Bonchev–Trinajstić information content (AvgIpc) is 2.30. The van der Waals surface area contributed by atoms with Crippen molar-refractivity contribution < 1.29 is 9.59 Å². The Kier molecular flexibility index (Phi) is 11.4. The van der Waals surface area contributed by atoms with Crippen molar-refractivity contribution >= 4 is 36.1 Å². The molecule has 0 aliphatic rings. The topological polar surface area (TPSA) is 86.2 Å². The number of nitrogens with two attached hydrogens (primary N) is 2. The van der Waals surface area contributed by atoms with Crippen LogP contribution in [0.4, 0.5) is 0 Å². The maximum absolute atomic E-state index is 10.6. The van der Waals surface area contributed by atoms with Crippen LogP contribution in [0.15, 0.2) is 0 Å². The van der Waals surface area contributed by atoms with Crippen LogP contribution in [0, 0.1) is 0 Å². The molecule has 6 heteroatoms. The number of rotatable bonds is 11. The molecule has 0 radical (unpaired) electrons. The van der Waals surface area contributed by atoms with E-state index in [0.29, 0.717) is 25.9 Å². The van der Waals surface area contributed by atoms with E-state index in [0.717, 1.165) is 24.1 Å². The highest BCUT2D eigenvalue weighted by Gasteiger charge is 2.21. The molecule has 2 unspecified atom stereocenters. The number of carbonyl (C=O) groups excluding carboxylic acids is 2. The Morgan fingerprint density at radius 3 is 1.50 bits per heavy atom. The highest BCUT2D eigenvalue weighted by atomic mass is 32.2. The molecule has 0 bridgehead atoms. The van der Waals surface area contributed by atoms with E-state index in [-0.39, 0.29) is 10.5 Å². The molecule has 94 valence electrons. The maximum atomic E-state index is 10.6. The number of carbonyl (C=O) groups is 2. The quantitative estimate of drug-likeness (QED) is 0.522. The summed E-state index contributed by atoms with van der Waals surface area (Å²) < 4.78 is 0. The Labute approximate surface area is 105 Å². The number of aldehydes is 2. The van der Waals surface area contributed by atoms with Gasteiger partial charge in [-0.25, -0.2) is 0 Å². The Bertz CT molecular complexity index is 174. The van der Waals surface area contributed by atoms with Gasteiger partial charge >= 0.3 is 0 Å². The lowest BCUT2D eigenvalue weighted by Gasteiger charge is -2.23. The van der Waals surface area contributed by atoms with Gasteiger partial charge in [0.1, 0.15) is 12.6 Å². The monoisotopic (exact) mass is 264 g/mol. The Hall–Kier alpha value is -0.0400. The molecule has 2 atom stereocenters. The molecule has 0 saturated heterocycles. The van der Waals surface area contributed by atoms with E-state index >= 15 is 0 Å². The van der Waals surface area contributed by atoms with E-state index in [1.165, 1.54) is 0 Å². The van der Waals surface area contributed by atoms with Crippen molar-refractivity contribution in [3.8, 4) is 0 Å². The summed E-state index contributed by atoms with van der Waals surface area (Å²) in [5, 5.41) is 0.339. The largest absolute Gasteiger partial charge is 0.330 e. The van der Waals surface area contributed by atoms with Gasteiger partial charge in [-0.05, 0) is 0 Å². The average molecular weight is 264 g/mol. The summed E-state index contributed by atoms with van der Waals surface area (Å²) in [7, 11) is 0. The van der Waals surface area contributed by atoms with Gasteiger partial charge < -0.3 is 21.1 Å². The lowest BCUT2D eigenvalue weighted by molar-refractivity contribution is -0.109. The molecule has 0 rings (SSSR count). The van der Waals surface area contributed by atoms with Crippen LogP contribution >= 0.6 is 23.5 Å². The standard InChI is InChI=1S/C10H20N2O2S2/c11-3-7-15-9(1-5-13)10(2-6-14)16-8-4-12/h5-6,9-10H,1-4,7-8,11-12H2. The van der Waals surface area contributed by atoms with E-state index in [2.05, 4.69) is 0 Å². The first-order valence-electron chi connectivity index (χ1n) is 5.30. The first-order chi connectivity index (χ1) is 7.79. The molecule has 0 spiro atoms. The van der Waals surface area contributed by atoms with Crippen molar-refractivity contribution in [3.63, 3.8) is 0 Å². The summed E-state index contributed by atoms with van der Waals surface area (Å²) in [5.74, 6) is 1.63. The van der Waals surface area contributed by atoms with Crippen molar-refractivity contribution in [2.45, 2.75) is 23.3 Å². The molecule has 0 amide bonds. The smallest absolute Gasteiger partial charge is 0.121 e. The molecule has 0 fully saturated rings. The Morgan fingerprint density at radius 1 is 0.875 bits per heavy atom. The minimum atomic E-state index is 0.169. The minimum absolute atomic E-state index is 0.169. The third-order valence-electron chi connectivity index (χ3n) is 1.97. The van der Waals surface area contributed by atoms with Crippen molar-refractivity contribution in [1.82, 2.24) is 0 Å². The van der Waals surface area contributed by atoms with Crippen LogP contribution in [-0.4, -0.2) is 47.7 Å². The van der Waals surface area contributed by atoms with Crippen molar-refractivity contribution in [3.05, 3.63) is 0 Å². The fourth-order valence-corrected chi connectivity index (χ4v) is 3.71. The van der Waals surface area contributed by atoms with Gasteiger partial charge in [-0.15, -0.1) is 0 Å². The third-order valence-corrected chi connectivity index (χ3v) is 4.98. The van der Waals surface area contributed by atoms with Crippen molar-refractivity contribution in [2.24, 2.45) is 11.5 Å². The summed E-state index contributed by atoms with van der Waals surface area (Å²) in [4.78, 5) is 21.2. The molecule has 4 nitrogen and oxygen atoms in total. The van der Waals surface area contributed by atoms with Gasteiger partial charge in [0.2, 0.25) is 0 Å². The second kappa shape index (κ2) is 11.4. The van der Waals surface area contributed by atoms with Gasteiger partial charge in [0, 0.05) is 47.9 Å². The number of hydrogen-bond acceptors (Lipinski definition) is 6. The first kappa shape index (κ1) is 16.0. The molecule has 16 heavy (non-hydrogen) atoms. The molecular weight excluding hydrogens is 244 g/mol. The van der Waals surface area contributed by atoms with Crippen LogP contribution in [0.5, 0.6) is 0 Å². The van der Waals surface area contributed by atoms with Gasteiger partial charge in [0.25, 0.3) is 0 Å². The molecular formula is C10H20N2O2S2. The maximum Gasteiger partial charge on any atom is 0.121 e. The van der Waals surface area contributed by atoms with Crippen LogP contribution in [0.1, 0.15) is 12.8 Å². The molecule has 0 aromatic carbocycles. The summed E-state index contributed by atoms with van der Waals surface area (Å²) >= 11 is 3.34. The van der Waals surface area contributed by atoms with E-state index in [9.17, 15) is 9.59 Å². The summed E-state index contributed by atoms with van der Waals surface area (Å²) in [6, 6.07) is 0. The highest BCUT2D eigenvalue weighted by molar-refractivity contribution is 8.03. The molecule has 0 aromatic rings. The van der Waals surface area contributed by atoms with Gasteiger partial charge in [-0.3, -0.25) is 0 Å². The molecule has 4 N–H and O–H groups in total. The van der Waals surface area contributed by atoms with Crippen LogP contribution in [-0.2, 0) is 9.59 Å². The first-order valence-corrected chi connectivity index (χ1v) is 7.40. The number of thioether (sulfide) groups is 2. The van der Waals surface area contributed by atoms with Crippen LogP contribution in [0.25, 0.3) is 0 Å². The fourth-order valence-electron chi connectivity index (χ4n) is 1.28. The van der Waals surface area contributed by atoms with Crippen molar-refractivity contribution in [2.75, 3.05) is 24.6 Å². The summed E-state index contributed by atoms with van der Waals surface area (Å²) in [5.41, 5.74) is 10.9. The Morgan fingerprint density at radius 2 is 1.25 bits per heavy atom. The van der Waals surface area contributed by atoms with Gasteiger partial charge in [0.15, 0.2) is 0 Å². The molecule has 0 aliphatic carbocycles. The predicted molar refractivity (Wildman–Crippen MR) is 72.0 cm³/mol. The molecule has 0 aliphatic heterocycles. The second-order valence-electron chi connectivity index (χ2n) is 3.20. The van der Waals surface area contributed by atoms with E-state index in [4.69, 9.17) is 11.5 Å². The van der Waals surface area contributed by atoms with Crippen LogP contribution in [0.2, 0.25) is 0 Å². The SMILES string of the molecule is NCCSC(CC=O)C(CC=O)SCCN. The zero-order valence-electron chi connectivity index (χ0n) is 9.34. The van der Waals surface area contributed by atoms with Crippen molar-refractivity contribution in [1.29, 1.82) is 0 Å². The zero-order chi connectivity index (χ0) is 12.2. The Balaban J connectivity index is 4.24. The minimum Gasteiger partial charge on any atom is -0.330 e. The molecule has 0 saturated carbocycles. The summed E-state index contributed by atoms with van der Waals surface area (Å²) in [6.45, 7) is 1.19. The van der Waals surface area contributed by atoms with Crippen LogP contribution in [0.3, 0.4) is 0 Å². The van der Waals surface area contributed by atoms with Gasteiger partial charge in [-0.2, -0.15) is 23.5 Å². The normalized spacial score (nSPS) is 14.4. The molecule has 0 aromatic heterocycles. The fraction of sp³-hybridized carbons (Fsp3) is 0.800.